The predicted molar refractivity (Wildman–Crippen MR) is 69.1 cm³/mol. The van der Waals surface area contributed by atoms with Crippen LogP contribution in [0.3, 0.4) is 0 Å². The topological polar surface area (TPSA) is 26.0 Å². The molecular formula is C12H11BrFNS. The number of hydrogen-bond donors (Lipinski definition) is 1. The molecule has 1 atom stereocenters. The molecule has 0 bridgehead atoms. The number of thiophene rings is 1. The molecule has 1 heterocycles. The quantitative estimate of drug-likeness (QED) is 0.914. The van der Waals surface area contributed by atoms with Crippen molar-refractivity contribution in [2.75, 3.05) is 0 Å². The van der Waals surface area contributed by atoms with E-state index in [4.69, 9.17) is 5.73 Å². The fourth-order valence-corrected chi connectivity index (χ4v) is 2.89. The van der Waals surface area contributed by atoms with Gasteiger partial charge in [0.1, 0.15) is 5.82 Å². The fourth-order valence-electron chi connectivity index (χ4n) is 1.56. The number of nitrogens with two attached hydrogens (primary N) is 1. The Morgan fingerprint density at radius 1 is 1.31 bits per heavy atom. The van der Waals surface area contributed by atoms with Crippen molar-refractivity contribution in [2.45, 2.75) is 12.5 Å². The molecule has 84 valence electrons. The second-order valence-electron chi connectivity index (χ2n) is 3.53. The second-order valence-corrected chi connectivity index (χ2v) is 5.36. The fraction of sp³-hybridized carbons (Fsp3) is 0.167. The van der Waals surface area contributed by atoms with E-state index >= 15 is 0 Å². The van der Waals surface area contributed by atoms with Crippen LogP contribution in [0.25, 0.3) is 0 Å². The van der Waals surface area contributed by atoms with Gasteiger partial charge >= 0.3 is 0 Å². The third-order valence-electron chi connectivity index (χ3n) is 2.38. The van der Waals surface area contributed by atoms with Crippen LogP contribution in [-0.2, 0) is 6.42 Å². The standard InChI is InChI=1S/C12H11BrFNS/c13-12-9(4-1-5-10(12)14)11(15)7-8-3-2-6-16-8/h1-6,11H,7,15H2. The number of rotatable bonds is 3. The maximum absolute atomic E-state index is 13.3. The number of halogens is 2. The minimum Gasteiger partial charge on any atom is -0.324 e. The van der Waals surface area contributed by atoms with Crippen molar-refractivity contribution < 1.29 is 4.39 Å². The SMILES string of the molecule is NC(Cc1cccs1)c1cccc(F)c1Br. The lowest BCUT2D eigenvalue weighted by Crippen LogP contribution is -2.13. The van der Waals surface area contributed by atoms with Crippen molar-refractivity contribution in [3.8, 4) is 0 Å². The molecule has 1 nitrogen and oxygen atoms in total. The van der Waals surface area contributed by atoms with Gasteiger partial charge < -0.3 is 5.73 Å². The van der Waals surface area contributed by atoms with Crippen molar-refractivity contribution in [1.82, 2.24) is 0 Å². The molecule has 16 heavy (non-hydrogen) atoms. The summed E-state index contributed by atoms with van der Waals surface area (Å²) in [5, 5.41) is 2.02. The molecule has 4 heteroatoms. The van der Waals surface area contributed by atoms with Gasteiger partial charge in [-0.1, -0.05) is 18.2 Å². The van der Waals surface area contributed by atoms with Gasteiger partial charge in [-0.3, -0.25) is 0 Å². The molecule has 0 aliphatic heterocycles. The van der Waals surface area contributed by atoms with Gasteiger partial charge in [-0.25, -0.2) is 4.39 Å². The maximum atomic E-state index is 13.3. The van der Waals surface area contributed by atoms with Crippen LogP contribution >= 0.6 is 27.3 Å². The Morgan fingerprint density at radius 3 is 2.81 bits per heavy atom. The van der Waals surface area contributed by atoms with E-state index in [9.17, 15) is 4.39 Å². The van der Waals surface area contributed by atoms with Gasteiger partial charge in [0.25, 0.3) is 0 Å². The third-order valence-corrected chi connectivity index (χ3v) is 4.12. The number of hydrogen-bond acceptors (Lipinski definition) is 2. The highest BCUT2D eigenvalue weighted by Gasteiger charge is 2.13. The number of benzene rings is 1. The van der Waals surface area contributed by atoms with Crippen LogP contribution in [0.4, 0.5) is 4.39 Å². The van der Waals surface area contributed by atoms with Crippen LogP contribution in [0.1, 0.15) is 16.5 Å². The average molecular weight is 300 g/mol. The summed E-state index contributed by atoms with van der Waals surface area (Å²) in [4.78, 5) is 1.21. The van der Waals surface area contributed by atoms with E-state index in [1.165, 1.54) is 10.9 Å². The summed E-state index contributed by atoms with van der Waals surface area (Å²) in [5.41, 5.74) is 6.88. The molecule has 1 aromatic carbocycles. The first-order valence-corrected chi connectivity index (χ1v) is 6.57. The lowest BCUT2D eigenvalue weighted by atomic mass is 10.0. The second kappa shape index (κ2) is 5.08. The molecule has 0 spiro atoms. The first kappa shape index (κ1) is 11.8. The largest absolute Gasteiger partial charge is 0.324 e. The van der Waals surface area contributed by atoms with Crippen LogP contribution in [0.2, 0.25) is 0 Å². The first-order chi connectivity index (χ1) is 7.68. The molecular weight excluding hydrogens is 289 g/mol. The summed E-state index contributed by atoms with van der Waals surface area (Å²) in [7, 11) is 0. The molecule has 1 aromatic heterocycles. The molecule has 0 saturated carbocycles. The Kier molecular flexibility index (Phi) is 3.74. The zero-order valence-electron chi connectivity index (χ0n) is 8.49. The molecule has 0 amide bonds. The van der Waals surface area contributed by atoms with Gasteiger partial charge in [-0.2, -0.15) is 0 Å². The van der Waals surface area contributed by atoms with Gasteiger partial charge in [-0.15, -0.1) is 11.3 Å². The van der Waals surface area contributed by atoms with Crippen molar-refractivity contribution in [3.63, 3.8) is 0 Å². The van der Waals surface area contributed by atoms with E-state index in [0.29, 0.717) is 4.47 Å². The molecule has 0 saturated heterocycles. The predicted octanol–water partition coefficient (Wildman–Crippen LogP) is 3.89. The van der Waals surface area contributed by atoms with Crippen LogP contribution < -0.4 is 5.73 Å². The van der Waals surface area contributed by atoms with Crippen molar-refractivity contribution >= 4 is 27.3 Å². The highest BCUT2D eigenvalue weighted by molar-refractivity contribution is 9.10. The minimum atomic E-state index is -0.265. The van der Waals surface area contributed by atoms with Crippen molar-refractivity contribution in [2.24, 2.45) is 5.73 Å². The van der Waals surface area contributed by atoms with Gasteiger partial charge in [0.05, 0.1) is 4.47 Å². The summed E-state index contributed by atoms with van der Waals surface area (Å²) in [6, 6.07) is 8.81. The van der Waals surface area contributed by atoms with E-state index < -0.39 is 0 Å². The maximum Gasteiger partial charge on any atom is 0.137 e. The van der Waals surface area contributed by atoms with Crippen LogP contribution in [0.5, 0.6) is 0 Å². The van der Waals surface area contributed by atoms with Gasteiger partial charge in [0.15, 0.2) is 0 Å². The molecule has 1 unspecified atom stereocenters. The summed E-state index contributed by atoms with van der Waals surface area (Å²) < 4.78 is 13.8. The highest BCUT2D eigenvalue weighted by Crippen LogP contribution is 2.27. The van der Waals surface area contributed by atoms with Gasteiger partial charge in [0, 0.05) is 17.3 Å². The normalized spacial score (nSPS) is 12.7. The Hall–Kier alpha value is -0.710. The summed E-state index contributed by atoms with van der Waals surface area (Å²) in [5.74, 6) is -0.265. The summed E-state index contributed by atoms with van der Waals surface area (Å²) in [6.07, 6.45) is 0.736. The van der Waals surface area contributed by atoms with E-state index in [1.807, 2.05) is 23.6 Å². The average Bonchev–Trinajstić information content (AvgIpc) is 2.74. The molecule has 0 radical (unpaired) electrons. The minimum absolute atomic E-state index is 0.177. The van der Waals surface area contributed by atoms with E-state index in [1.54, 1.807) is 17.4 Å². The zero-order chi connectivity index (χ0) is 11.5. The summed E-state index contributed by atoms with van der Waals surface area (Å²) >= 11 is 4.90. The molecule has 0 aliphatic rings. The van der Waals surface area contributed by atoms with E-state index in [2.05, 4.69) is 15.9 Å². The van der Waals surface area contributed by atoms with E-state index in [-0.39, 0.29) is 11.9 Å². The van der Waals surface area contributed by atoms with Crippen LogP contribution in [-0.4, -0.2) is 0 Å². The van der Waals surface area contributed by atoms with Crippen molar-refractivity contribution in [1.29, 1.82) is 0 Å². The molecule has 0 aliphatic carbocycles. The van der Waals surface area contributed by atoms with Crippen molar-refractivity contribution in [3.05, 3.63) is 56.4 Å². The Balaban J connectivity index is 2.21. The monoisotopic (exact) mass is 299 g/mol. The van der Waals surface area contributed by atoms with E-state index in [0.717, 1.165) is 12.0 Å². The van der Waals surface area contributed by atoms with Crippen LogP contribution in [0, 0.1) is 5.82 Å². The zero-order valence-corrected chi connectivity index (χ0v) is 10.9. The third kappa shape index (κ3) is 2.51. The summed E-state index contributed by atoms with van der Waals surface area (Å²) in [6.45, 7) is 0. The molecule has 2 aromatic rings. The van der Waals surface area contributed by atoms with Gasteiger partial charge in [-0.05, 0) is 39.0 Å². The first-order valence-electron chi connectivity index (χ1n) is 4.90. The lowest BCUT2D eigenvalue weighted by molar-refractivity contribution is 0.610. The Bertz CT molecular complexity index is 470. The molecule has 2 N–H and O–H groups in total. The van der Waals surface area contributed by atoms with Gasteiger partial charge in [0.2, 0.25) is 0 Å². The molecule has 0 fully saturated rings. The lowest BCUT2D eigenvalue weighted by Gasteiger charge is -2.13. The highest BCUT2D eigenvalue weighted by atomic mass is 79.9. The molecule has 2 rings (SSSR count). The smallest absolute Gasteiger partial charge is 0.137 e. The Labute approximate surface area is 106 Å². The van der Waals surface area contributed by atoms with Crippen LogP contribution in [0.15, 0.2) is 40.2 Å². The Morgan fingerprint density at radius 2 is 2.12 bits per heavy atom.